The van der Waals surface area contributed by atoms with Gasteiger partial charge in [0.2, 0.25) is 0 Å². The van der Waals surface area contributed by atoms with Gasteiger partial charge < -0.3 is 14.5 Å². The monoisotopic (exact) mass is 335 g/mol. The highest BCUT2D eigenvalue weighted by atomic mass is 16.5. The fraction of sp³-hybridized carbons (Fsp3) is 0.190. The molecule has 3 aromatic rings. The normalized spacial score (nSPS) is 10.6. The van der Waals surface area contributed by atoms with E-state index in [1.54, 1.807) is 6.26 Å². The molecule has 0 fully saturated rings. The SMILES string of the molecule is Cc1ccc(C(=O)NCc2cccc(COCc3ccco3)c2)cc1. The molecule has 0 atom stereocenters. The van der Waals surface area contributed by atoms with Crippen molar-refractivity contribution in [1.29, 1.82) is 0 Å². The molecule has 0 saturated heterocycles. The smallest absolute Gasteiger partial charge is 0.251 e. The van der Waals surface area contributed by atoms with Crippen molar-refractivity contribution < 1.29 is 13.9 Å². The van der Waals surface area contributed by atoms with Crippen molar-refractivity contribution in [2.75, 3.05) is 0 Å². The van der Waals surface area contributed by atoms with Gasteiger partial charge in [0.15, 0.2) is 0 Å². The van der Waals surface area contributed by atoms with Gasteiger partial charge >= 0.3 is 0 Å². The lowest BCUT2D eigenvalue weighted by Gasteiger charge is -2.08. The van der Waals surface area contributed by atoms with Crippen molar-refractivity contribution in [2.45, 2.75) is 26.7 Å². The van der Waals surface area contributed by atoms with Crippen LogP contribution in [0.2, 0.25) is 0 Å². The number of ether oxygens (including phenoxy) is 1. The number of rotatable bonds is 7. The van der Waals surface area contributed by atoms with E-state index in [1.165, 1.54) is 0 Å². The highest BCUT2D eigenvalue weighted by molar-refractivity contribution is 5.94. The molecule has 4 nitrogen and oxygen atoms in total. The van der Waals surface area contributed by atoms with E-state index in [9.17, 15) is 4.79 Å². The molecule has 1 aromatic heterocycles. The molecule has 0 aliphatic heterocycles. The average Bonchev–Trinajstić information content (AvgIpc) is 3.14. The third kappa shape index (κ3) is 5.06. The Bertz CT molecular complexity index is 807. The zero-order chi connectivity index (χ0) is 17.5. The minimum Gasteiger partial charge on any atom is -0.467 e. The van der Waals surface area contributed by atoms with Gasteiger partial charge in [0, 0.05) is 12.1 Å². The molecule has 0 spiro atoms. The van der Waals surface area contributed by atoms with Crippen LogP contribution in [0.4, 0.5) is 0 Å². The molecular weight excluding hydrogens is 314 g/mol. The quantitative estimate of drug-likeness (QED) is 0.703. The van der Waals surface area contributed by atoms with Crippen molar-refractivity contribution in [2.24, 2.45) is 0 Å². The van der Waals surface area contributed by atoms with Crippen molar-refractivity contribution >= 4 is 5.91 Å². The molecule has 1 N–H and O–H groups in total. The molecule has 0 unspecified atom stereocenters. The first kappa shape index (κ1) is 17.0. The molecule has 0 saturated carbocycles. The zero-order valence-electron chi connectivity index (χ0n) is 14.2. The minimum atomic E-state index is -0.0699. The third-order valence-corrected chi connectivity index (χ3v) is 3.85. The fourth-order valence-corrected chi connectivity index (χ4v) is 2.48. The Morgan fingerprint density at radius 2 is 1.80 bits per heavy atom. The van der Waals surface area contributed by atoms with Crippen LogP contribution in [0.25, 0.3) is 0 Å². The van der Waals surface area contributed by atoms with E-state index < -0.39 is 0 Å². The van der Waals surface area contributed by atoms with Gasteiger partial charge in [-0.15, -0.1) is 0 Å². The maximum Gasteiger partial charge on any atom is 0.251 e. The predicted molar refractivity (Wildman–Crippen MR) is 96.0 cm³/mol. The van der Waals surface area contributed by atoms with Gasteiger partial charge in [-0.25, -0.2) is 0 Å². The lowest BCUT2D eigenvalue weighted by molar-refractivity contribution is 0.0928. The summed E-state index contributed by atoms with van der Waals surface area (Å²) < 4.78 is 10.9. The Balaban J connectivity index is 1.50. The molecule has 0 aliphatic rings. The number of carbonyl (C=O) groups is 1. The lowest BCUT2D eigenvalue weighted by Crippen LogP contribution is -2.22. The van der Waals surface area contributed by atoms with Crippen LogP contribution in [-0.4, -0.2) is 5.91 Å². The number of benzene rings is 2. The first-order valence-corrected chi connectivity index (χ1v) is 8.23. The van der Waals surface area contributed by atoms with E-state index in [4.69, 9.17) is 9.15 Å². The summed E-state index contributed by atoms with van der Waals surface area (Å²) in [7, 11) is 0. The van der Waals surface area contributed by atoms with Gasteiger partial charge in [-0.05, 0) is 42.3 Å². The molecule has 0 bridgehead atoms. The van der Waals surface area contributed by atoms with E-state index in [0.717, 1.165) is 22.5 Å². The Labute approximate surface area is 147 Å². The van der Waals surface area contributed by atoms with E-state index in [-0.39, 0.29) is 5.91 Å². The summed E-state index contributed by atoms with van der Waals surface area (Å²) in [6, 6.07) is 19.3. The summed E-state index contributed by atoms with van der Waals surface area (Å²) in [6.07, 6.45) is 1.63. The number of furan rings is 1. The number of nitrogens with one attached hydrogen (secondary N) is 1. The maximum absolute atomic E-state index is 12.2. The van der Waals surface area contributed by atoms with Gasteiger partial charge in [-0.1, -0.05) is 42.0 Å². The zero-order valence-corrected chi connectivity index (χ0v) is 14.2. The predicted octanol–water partition coefficient (Wildman–Crippen LogP) is 4.23. The highest BCUT2D eigenvalue weighted by Gasteiger charge is 2.05. The molecule has 1 heterocycles. The third-order valence-electron chi connectivity index (χ3n) is 3.85. The van der Waals surface area contributed by atoms with Gasteiger partial charge in [0.1, 0.15) is 12.4 Å². The van der Waals surface area contributed by atoms with Gasteiger partial charge in [-0.3, -0.25) is 4.79 Å². The van der Waals surface area contributed by atoms with Crippen LogP contribution in [0, 0.1) is 6.92 Å². The van der Waals surface area contributed by atoms with Crippen LogP contribution < -0.4 is 5.32 Å². The van der Waals surface area contributed by atoms with Crippen LogP contribution >= 0.6 is 0 Å². The summed E-state index contributed by atoms with van der Waals surface area (Å²) in [5.41, 5.74) is 3.91. The number of hydrogen-bond donors (Lipinski definition) is 1. The molecule has 3 rings (SSSR count). The molecule has 25 heavy (non-hydrogen) atoms. The topological polar surface area (TPSA) is 51.5 Å². The first-order chi connectivity index (χ1) is 12.2. The fourth-order valence-electron chi connectivity index (χ4n) is 2.48. The van der Waals surface area contributed by atoms with Crippen LogP contribution in [0.5, 0.6) is 0 Å². The van der Waals surface area contributed by atoms with Crippen LogP contribution in [0.1, 0.15) is 32.8 Å². The molecule has 1 amide bonds. The second-order valence-electron chi connectivity index (χ2n) is 5.94. The van der Waals surface area contributed by atoms with E-state index in [2.05, 4.69) is 5.32 Å². The minimum absolute atomic E-state index is 0.0699. The van der Waals surface area contributed by atoms with Crippen molar-refractivity contribution in [3.63, 3.8) is 0 Å². The van der Waals surface area contributed by atoms with Crippen molar-refractivity contribution in [3.8, 4) is 0 Å². The number of amides is 1. The van der Waals surface area contributed by atoms with Gasteiger partial charge in [0.05, 0.1) is 12.9 Å². The van der Waals surface area contributed by atoms with Crippen LogP contribution in [0.3, 0.4) is 0 Å². The van der Waals surface area contributed by atoms with Gasteiger partial charge in [-0.2, -0.15) is 0 Å². The maximum atomic E-state index is 12.2. The summed E-state index contributed by atoms with van der Waals surface area (Å²) in [5.74, 6) is 0.737. The summed E-state index contributed by atoms with van der Waals surface area (Å²) in [4.78, 5) is 12.2. The van der Waals surface area contributed by atoms with Crippen LogP contribution in [-0.2, 0) is 24.5 Å². The number of hydrogen-bond acceptors (Lipinski definition) is 3. The Kier molecular flexibility index (Phi) is 5.65. The first-order valence-electron chi connectivity index (χ1n) is 8.23. The molecule has 0 aliphatic carbocycles. The Morgan fingerprint density at radius 3 is 2.56 bits per heavy atom. The van der Waals surface area contributed by atoms with Gasteiger partial charge in [0.25, 0.3) is 5.91 Å². The van der Waals surface area contributed by atoms with E-state index >= 15 is 0 Å². The van der Waals surface area contributed by atoms with Crippen molar-refractivity contribution in [1.82, 2.24) is 5.32 Å². The summed E-state index contributed by atoms with van der Waals surface area (Å²) in [5, 5.41) is 2.95. The number of aryl methyl sites for hydroxylation is 1. The molecule has 0 radical (unpaired) electrons. The largest absolute Gasteiger partial charge is 0.467 e. The molecule has 4 heteroatoms. The lowest BCUT2D eigenvalue weighted by atomic mass is 10.1. The summed E-state index contributed by atoms with van der Waals surface area (Å²) >= 11 is 0. The average molecular weight is 335 g/mol. The Hall–Kier alpha value is -2.85. The number of carbonyl (C=O) groups excluding carboxylic acids is 1. The second-order valence-corrected chi connectivity index (χ2v) is 5.94. The van der Waals surface area contributed by atoms with Crippen LogP contribution in [0.15, 0.2) is 71.3 Å². The summed E-state index contributed by atoms with van der Waals surface area (Å²) in [6.45, 7) is 3.43. The molecular formula is C21H21NO3. The van der Waals surface area contributed by atoms with Crippen molar-refractivity contribution in [3.05, 3.63) is 94.9 Å². The van der Waals surface area contributed by atoms with E-state index in [0.29, 0.717) is 25.3 Å². The standard InChI is InChI=1S/C21H21NO3/c1-16-7-9-19(10-8-16)21(23)22-13-17-4-2-5-18(12-17)14-24-15-20-6-3-11-25-20/h2-12H,13-15H2,1H3,(H,22,23). The molecule has 2 aromatic carbocycles. The second kappa shape index (κ2) is 8.31. The van der Waals surface area contributed by atoms with E-state index in [1.807, 2.05) is 67.6 Å². The highest BCUT2D eigenvalue weighted by Crippen LogP contribution is 2.10. The Morgan fingerprint density at radius 1 is 1.00 bits per heavy atom. The molecule has 128 valence electrons.